The fraction of sp³-hybridized carbons (Fsp3) is 0.143. The van der Waals surface area contributed by atoms with Gasteiger partial charge in [0.2, 0.25) is 0 Å². The number of amides is 1. The summed E-state index contributed by atoms with van der Waals surface area (Å²) < 4.78 is 6.58. The first-order valence-corrected chi connectivity index (χ1v) is 8.95. The second kappa shape index (κ2) is 7.23. The van der Waals surface area contributed by atoms with Crippen molar-refractivity contribution < 1.29 is 19.2 Å². The number of nitrogens with one attached hydrogen (secondary N) is 1. The summed E-state index contributed by atoms with van der Waals surface area (Å²) in [6.07, 6.45) is 2.75. The van der Waals surface area contributed by atoms with Crippen LogP contribution in [0.5, 0.6) is 0 Å². The lowest BCUT2D eigenvalue weighted by Gasteiger charge is -2.11. The molecule has 1 aromatic carbocycles. The number of carbonyl (C=O) groups is 2. The van der Waals surface area contributed by atoms with E-state index < -0.39 is 12.0 Å². The third kappa shape index (κ3) is 3.36. The zero-order chi connectivity index (χ0) is 20.5. The molecule has 0 saturated heterocycles. The molecule has 1 amide bonds. The van der Waals surface area contributed by atoms with E-state index in [0.29, 0.717) is 11.1 Å². The fourth-order valence-electron chi connectivity index (χ4n) is 3.26. The van der Waals surface area contributed by atoms with Crippen LogP contribution < -0.4 is 5.32 Å². The van der Waals surface area contributed by atoms with E-state index in [1.54, 1.807) is 13.1 Å². The summed E-state index contributed by atoms with van der Waals surface area (Å²) in [5, 5.41) is 15.7. The number of benzene rings is 1. The Morgan fingerprint density at radius 2 is 1.90 bits per heavy atom. The van der Waals surface area contributed by atoms with Crippen molar-refractivity contribution in [2.75, 3.05) is 0 Å². The first kappa shape index (κ1) is 18.4. The number of aromatic carboxylic acids is 1. The molecule has 0 spiro atoms. The molecule has 0 aliphatic carbocycles. The summed E-state index contributed by atoms with van der Waals surface area (Å²) in [6.45, 7) is 1.65. The van der Waals surface area contributed by atoms with Crippen LogP contribution in [0.4, 0.5) is 0 Å². The van der Waals surface area contributed by atoms with Crippen molar-refractivity contribution in [3.63, 3.8) is 0 Å². The van der Waals surface area contributed by atoms with Gasteiger partial charge in [0.1, 0.15) is 23.0 Å². The standard InChI is InChI=1S/C21H18N4O4/c1-12(18-15(21(27)28)11-29-24-18)22-20(26)14-10-25(2)17-9-8-16(23-19(14)17)13-6-4-3-5-7-13/h3-12H,1-2H3,(H,22,26)(H,27,28). The summed E-state index contributed by atoms with van der Waals surface area (Å²) >= 11 is 0. The van der Waals surface area contributed by atoms with Crippen LogP contribution >= 0.6 is 0 Å². The van der Waals surface area contributed by atoms with Crippen LogP contribution in [0, 0.1) is 0 Å². The molecule has 146 valence electrons. The molecule has 0 aliphatic rings. The highest BCUT2D eigenvalue weighted by molar-refractivity contribution is 6.06. The van der Waals surface area contributed by atoms with Crippen molar-refractivity contribution in [2.24, 2.45) is 7.05 Å². The maximum Gasteiger partial charge on any atom is 0.341 e. The van der Waals surface area contributed by atoms with Gasteiger partial charge in [0.15, 0.2) is 0 Å². The van der Waals surface area contributed by atoms with E-state index >= 15 is 0 Å². The second-order valence-electron chi connectivity index (χ2n) is 6.70. The predicted molar refractivity (Wildman–Crippen MR) is 105 cm³/mol. The average Bonchev–Trinajstić information content (AvgIpc) is 3.34. The largest absolute Gasteiger partial charge is 0.478 e. The Morgan fingerprint density at radius 3 is 2.62 bits per heavy atom. The van der Waals surface area contributed by atoms with E-state index in [-0.39, 0.29) is 17.2 Å². The number of pyridine rings is 1. The lowest BCUT2D eigenvalue weighted by molar-refractivity contribution is 0.0693. The Balaban J connectivity index is 1.68. The Kier molecular flexibility index (Phi) is 4.59. The number of nitrogens with zero attached hydrogens (tertiary/aromatic N) is 3. The number of carboxylic acid groups (broad SMARTS) is 1. The summed E-state index contributed by atoms with van der Waals surface area (Å²) in [5.74, 6) is -1.54. The smallest absolute Gasteiger partial charge is 0.341 e. The van der Waals surface area contributed by atoms with Crippen molar-refractivity contribution in [1.82, 2.24) is 20.0 Å². The van der Waals surface area contributed by atoms with Gasteiger partial charge in [-0.05, 0) is 19.1 Å². The quantitative estimate of drug-likeness (QED) is 0.540. The molecule has 1 unspecified atom stereocenters. The number of hydrogen-bond donors (Lipinski definition) is 2. The van der Waals surface area contributed by atoms with Gasteiger partial charge in [-0.1, -0.05) is 35.5 Å². The van der Waals surface area contributed by atoms with Crippen LogP contribution in [0.3, 0.4) is 0 Å². The van der Waals surface area contributed by atoms with Gasteiger partial charge in [-0.3, -0.25) is 4.79 Å². The van der Waals surface area contributed by atoms with Crippen LogP contribution in [0.2, 0.25) is 0 Å². The zero-order valence-electron chi connectivity index (χ0n) is 15.8. The van der Waals surface area contributed by atoms with Gasteiger partial charge >= 0.3 is 5.97 Å². The number of aryl methyl sites for hydroxylation is 1. The van der Waals surface area contributed by atoms with E-state index in [2.05, 4.69) is 10.5 Å². The van der Waals surface area contributed by atoms with Crippen molar-refractivity contribution in [1.29, 1.82) is 0 Å². The van der Waals surface area contributed by atoms with E-state index in [0.717, 1.165) is 23.0 Å². The Hall–Kier alpha value is -3.94. The van der Waals surface area contributed by atoms with Crippen LogP contribution in [-0.4, -0.2) is 31.7 Å². The van der Waals surface area contributed by atoms with Crippen LogP contribution in [0.1, 0.15) is 39.4 Å². The number of rotatable bonds is 5. The minimum absolute atomic E-state index is 0.0831. The van der Waals surface area contributed by atoms with Gasteiger partial charge in [0.05, 0.1) is 22.8 Å². The molecule has 0 bridgehead atoms. The van der Waals surface area contributed by atoms with Crippen molar-refractivity contribution in [3.05, 3.63) is 71.7 Å². The molecule has 0 saturated carbocycles. The fourth-order valence-corrected chi connectivity index (χ4v) is 3.26. The maximum absolute atomic E-state index is 12.9. The highest BCUT2D eigenvalue weighted by Crippen LogP contribution is 2.25. The first-order chi connectivity index (χ1) is 14.0. The molecule has 0 radical (unpaired) electrons. The SMILES string of the molecule is CC(NC(=O)c1cn(C)c2ccc(-c3ccccc3)nc12)c1nocc1C(=O)O. The third-order valence-electron chi connectivity index (χ3n) is 4.73. The molecule has 2 N–H and O–H groups in total. The third-order valence-corrected chi connectivity index (χ3v) is 4.73. The van der Waals surface area contributed by atoms with Gasteiger partial charge < -0.3 is 19.5 Å². The average molecular weight is 390 g/mol. The molecule has 4 aromatic rings. The van der Waals surface area contributed by atoms with Crippen LogP contribution in [0.25, 0.3) is 22.3 Å². The molecule has 8 heteroatoms. The summed E-state index contributed by atoms with van der Waals surface area (Å²) in [4.78, 5) is 28.9. The maximum atomic E-state index is 12.9. The van der Waals surface area contributed by atoms with Crippen LogP contribution in [0.15, 0.2) is 59.4 Å². The summed E-state index contributed by atoms with van der Waals surface area (Å²) in [7, 11) is 1.84. The van der Waals surface area contributed by atoms with Crippen molar-refractivity contribution in [2.45, 2.75) is 13.0 Å². The van der Waals surface area contributed by atoms with Gasteiger partial charge in [-0.2, -0.15) is 0 Å². The molecule has 0 aliphatic heterocycles. The van der Waals surface area contributed by atoms with Crippen molar-refractivity contribution in [3.8, 4) is 11.3 Å². The van der Waals surface area contributed by atoms with E-state index in [9.17, 15) is 14.7 Å². The highest BCUT2D eigenvalue weighted by Gasteiger charge is 2.24. The van der Waals surface area contributed by atoms with Gasteiger partial charge in [0.25, 0.3) is 5.91 Å². The molecular formula is C21H18N4O4. The highest BCUT2D eigenvalue weighted by atomic mass is 16.5. The Labute approximate surface area is 165 Å². The summed E-state index contributed by atoms with van der Waals surface area (Å²) in [6, 6.07) is 12.9. The molecule has 8 nitrogen and oxygen atoms in total. The normalized spacial score (nSPS) is 12.1. The Morgan fingerprint density at radius 1 is 1.14 bits per heavy atom. The molecule has 1 atom stereocenters. The Bertz CT molecular complexity index is 1210. The predicted octanol–water partition coefficient (Wildman–Crippen LogP) is 3.42. The topological polar surface area (TPSA) is 110 Å². The van der Waals surface area contributed by atoms with Crippen LogP contribution in [-0.2, 0) is 7.05 Å². The molecular weight excluding hydrogens is 372 g/mol. The molecule has 3 heterocycles. The monoisotopic (exact) mass is 390 g/mol. The number of aromatic nitrogens is 3. The minimum atomic E-state index is -1.17. The second-order valence-corrected chi connectivity index (χ2v) is 6.70. The number of hydrogen-bond acceptors (Lipinski definition) is 5. The van der Waals surface area contributed by atoms with Gasteiger partial charge in [0, 0.05) is 18.8 Å². The molecule has 29 heavy (non-hydrogen) atoms. The first-order valence-electron chi connectivity index (χ1n) is 8.95. The number of carbonyl (C=O) groups excluding carboxylic acids is 1. The van der Waals surface area contributed by atoms with Gasteiger partial charge in [-0.15, -0.1) is 0 Å². The lowest BCUT2D eigenvalue weighted by atomic mass is 10.1. The lowest BCUT2D eigenvalue weighted by Crippen LogP contribution is -2.27. The summed E-state index contributed by atoms with van der Waals surface area (Å²) in [5.41, 5.74) is 3.56. The molecule has 0 fully saturated rings. The van der Waals surface area contributed by atoms with Crippen molar-refractivity contribution >= 4 is 22.9 Å². The molecule has 3 aromatic heterocycles. The van der Waals surface area contributed by atoms with E-state index in [4.69, 9.17) is 9.51 Å². The van der Waals surface area contributed by atoms with E-state index in [1.807, 2.05) is 54.1 Å². The number of carboxylic acids is 1. The zero-order valence-corrected chi connectivity index (χ0v) is 15.8. The van der Waals surface area contributed by atoms with Gasteiger partial charge in [-0.25, -0.2) is 9.78 Å². The minimum Gasteiger partial charge on any atom is -0.478 e. The van der Waals surface area contributed by atoms with E-state index in [1.165, 1.54) is 0 Å². The molecule has 4 rings (SSSR count). The number of fused-ring (bicyclic) bond motifs is 1.